The van der Waals surface area contributed by atoms with Crippen LogP contribution in [0.4, 0.5) is 0 Å². The fourth-order valence-corrected chi connectivity index (χ4v) is 1.21. The molecule has 2 heterocycles. The SMILES string of the molecule is Cc1cnn(Cc2ncc(C=O)cn2)c1. The van der Waals surface area contributed by atoms with Gasteiger partial charge in [0.25, 0.3) is 0 Å². The fraction of sp³-hybridized carbons (Fsp3) is 0.200. The van der Waals surface area contributed by atoms with E-state index in [-0.39, 0.29) is 0 Å². The van der Waals surface area contributed by atoms with E-state index in [1.165, 1.54) is 12.4 Å². The van der Waals surface area contributed by atoms with Gasteiger partial charge in [-0.3, -0.25) is 9.48 Å². The lowest BCUT2D eigenvalue weighted by Gasteiger charge is -1.99. The van der Waals surface area contributed by atoms with Gasteiger partial charge < -0.3 is 0 Å². The predicted molar refractivity (Wildman–Crippen MR) is 53.5 cm³/mol. The Morgan fingerprint density at radius 1 is 1.33 bits per heavy atom. The average Bonchev–Trinajstić information content (AvgIpc) is 2.65. The largest absolute Gasteiger partial charge is 0.298 e. The highest BCUT2D eigenvalue weighted by Crippen LogP contribution is 1.98. The van der Waals surface area contributed by atoms with Gasteiger partial charge in [0.2, 0.25) is 0 Å². The van der Waals surface area contributed by atoms with Crippen molar-refractivity contribution in [3.05, 3.63) is 41.7 Å². The summed E-state index contributed by atoms with van der Waals surface area (Å²) in [4.78, 5) is 18.5. The van der Waals surface area contributed by atoms with Crippen LogP contribution in [0, 0.1) is 6.92 Å². The number of aromatic nitrogens is 4. The van der Waals surface area contributed by atoms with E-state index in [1.54, 1.807) is 10.9 Å². The molecule has 0 bridgehead atoms. The molecule has 0 amide bonds. The molecule has 0 fully saturated rings. The summed E-state index contributed by atoms with van der Waals surface area (Å²) in [5, 5.41) is 4.12. The summed E-state index contributed by atoms with van der Waals surface area (Å²) in [6.07, 6.45) is 7.43. The van der Waals surface area contributed by atoms with Gasteiger partial charge in [-0.05, 0) is 12.5 Å². The number of nitrogens with zero attached hydrogens (tertiary/aromatic N) is 4. The third-order valence-corrected chi connectivity index (χ3v) is 1.93. The maximum Gasteiger partial charge on any atom is 0.153 e. The van der Waals surface area contributed by atoms with Crippen molar-refractivity contribution < 1.29 is 4.79 Å². The number of aryl methyl sites for hydroxylation is 1. The van der Waals surface area contributed by atoms with Crippen molar-refractivity contribution in [2.75, 3.05) is 0 Å². The first-order valence-electron chi connectivity index (χ1n) is 4.53. The highest BCUT2D eigenvalue weighted by atomic mass is 16.1. The van der Waals surface area contributed by atoms with Crippen molar-refractivity contribution in [3.8, 4) is 0 Å². The van der Waals surface area contributed by atoms with Crippen molar-refractivity contribution in [2.24, 2.45) is 0 Å². The molecule has 2 rings (SSSR count). The fourth-order valence-electron chi connectivity index (χ4n) is 1.21. The zero-order valence-electron chi connectivity index (χ0n) is 8.29. The summed E-state index contributed by atoms with van der Waals surface area (Å²) in [5.41, 5.74) is 1.58. The lowest BCUT2D eigenvalue weighted by molar-refractivity contribution is 0.112. The molecule has 0 aliphatic rings. The summed E-state index contributed by atoms with van der Waals surface area (Å²) in [6.45, 7) is 2.49. The van der Waals surface area contributed by atoms with Gasteiger partial charge >= 0.3 is 0 Å². The Balaban J connectivity index is 2.14. The van der Waals surface area contributed by atoms with Crippen LogP contribution in [0.3, 0.4) is 0 Å². The van der Waals surface area contributed by atoms with Gasteiger partial charge in [0.15, 0.2) is 6.29 Å². The van der Waals surface area contributed by atoms with Crippen molar-refractivity contribution in [1.82, 2.24) is 19.7 Å². The van der Waals surface area contributed by atoms with Crippen molar-refractivity contribution in [1.29, 1.82) is 0 Å². The third-order valence-electron chi connectivity index (χ3n) is 1.93. The summed E-state index contributed by atoms with van der Waals surface area (Å²) in [5.74, 6) is 0.642. The lowest BCUT2D eigenvalue weighted by atomic mass is 10.4. The quantitative estimate of drug-likeness (QED) is 0.692. The second kappa shape index (κ2) is 4.00. The van der Waals surface area contributed by atoms with Crippen LogP contribution in [0.25, 0.3) is 0 Å². The Hall–Kier alpha value is -2.04. The molecular weight excluding hydrogens is 192 g/mol. The van der Waals surface area contributed by atoms with E-state index in [9.17, 15) is 4.79 Å². The molecule has 0 aliphatic carbocycles. The Bertz CT molecular complexity index is 461. The zero-order valence-corrected chi connectivity index (χ0v) is 8.29. The molecule has 15 heavy (non-hydrogen) atoms. The first-order chi connectivity index (χ1) is 7.28. The Morgan fingerprint density at radius 3 is 2.60 bits per heavy atom. The number of hydrogen-bond donors (Lipinski definition) is 0. The minimum absolute atomic E-state index is 0.482. The Labute approximate surface area is 86.8 Å². The second-order valence-corrected chi connectivity index (χ2v) is 3.27. The van der Waals surface area contributed by atoms with E-state index >= 15 is 0 Å². The van der Waals surface area contributed by atoms with E-state index in [4.69, 9.17) is 0 Å². The minimum Gasteiger partial charge on any atom is -0.298 e. The van der Waals surface area contributed by atoms with Crippen LogP contribution in [0.2, 0.25) is 0 Å². The van der Waals surface area contributed by atoms with Crippen molar-refractivity contribution >= 4 is 6.29 Å². The topological polar surface area (TPSA) is 60.7 Å². The molecule has 0 spiro atoms. The molecule has 0 atom stereocenters. The van der Waals surface area contributed by atoms with Crippen LogP contribution in [0.15, 0.2) is 24.8 Å². The molecule has 2 aromatic heterocycles. The highest BCUT2D eigenvalue weighted by molar-refractivity contribution is 5.73. The van der Waals surface area contributed by atoms with Gasteiger partial charge in [0.1, 0.15) is 12.4 Å². The molecule has 2 aromatic rings. The van der Waals surface area contributed by atoms with Crippen LogP contribution in [-0.4, -0.2) is 26.0 Å². The van der Waals surface area contributed by atoms with Gasteiger partial charge in [0, 0.05) is 18.6 Å². The van der Waals surface area contributed by atoms with Gasteiger partial charge in [0.05, 0.1) is 11.8 Å². The number of rotatable bonds is 3. The standard InChI is InChI=1S/C10H10N4O/c1-8-2-13-14(5-8)6-10-11-3-9(7-15)4-12-10/h2-5,7H,6H2,1H3. The van der Waals surface area contributed by atoms with E-state index in [1.807, 2.05) is 13.1 Å². The van der Waals surface area contributed by atoms with Gasteiger partial charge in [-0.2, -0.15) is 5.10 Å². The molecule has 0 unspecified atom stereocenters. The normalized spacial score (nSPS) is 10.2. The number of carbonyl (C=O) groups is 1. The average molecular weight is 202 g/mol. The summed E-state index contributed by atoms with van der Waals surface area (Å²) < 4.78 is 1.76. The molecule has 5 heteroatoms. The Kier molecular flexibility index (Phi) is 2.53. The Morgan fingerprint density at radius 2 is 2.07 bits per heavy atom. The summed E-state index contributed by atoms with van der Waals surface area (Å²) in [6, 6.07) is 0. The van der Waals surface area contributed by atoms with Crippen molar-refractivity contribution in [3.63, 3.8) is 0 Å². The van der Waals surface area contributed by atoms with Gasteiger partial charge in [-0.1, -0.05) is 0 Å². The molecule has 0 saturated heterocycles. The van der Waals surface area contributed by atoms with E-state index in [0.29, 0.717) is 17.9 Å². The lowest BCUT2D eigenvalue weighted by Crippen LogP contribution is -2.04. The zero-order chi connectivity index (χ0) is 10.7. The highest BCUT2D eigenvalue weighted by Gasteiger charge is 1.99. The monoisotopic (exact) mass is 202 g/mol. The van der Waals surface area contributed by atoms with Gasteiger partial charge in [-0.15, -0.1) is 0 Å². The first-order valence-corrected chi connectivity index (χ1v) is 4.53. The smallest absolute Gasteiger partial charge is 0.153 e. The van der Waals surface area contributed by atoms with Crippen LogP contribution in [0.5, 0.6) is 0 Å². The summed E-state index contributed by atoms with van der Waals surface area (Å²) >= 11 is 0. The van der Waals surface area contributed by atoms with Gasteiger partial charge in [-0.25, -0.2) is 9.97 Å². The van der Waals surface area contributed by atoms with Crippen LogP contribution >= 0.6 is 0 Å². The molecule has 0 aliphatic heterocycles. The maximum absolute atomic E-state index is 10.4. The second-order valence-electron chi connectivity index (χ2n) is 3.27. The van der Waals surface area contributed by atoms with E-state index in [2.05, 4.69) is 15.1 Å². The van der Waals surface area contributed by atoms with E-state index < -0.39 is 0 Å². The molecule has 76 valence electrons. The third kappa shape index (κ3) is 2.25. The first kappa shape index (κ1) is 9.51. The summed E-state index contributed by atoms with van der Waals surface area (Å²) in [7, 11) is 0. The predicted octanol–water partition coefficient (Wildman–Crippen LogP) is 0.842. The van der Waals surface area contributed by atoms with Crippen LogP contribution in [0.1, 0.15) is 21.7 Å². The molecule has 5 nitrogen and oxygen atoms in total. The molecule has 0 saturated carbocycles. The minimum atomic E-state index is 0.482. The van der Waals surface area contributed by atoms with Crippen LogP contribution in [-0.2, 0) is 6.54 Å². The number of aldehydes is 1. The van der Waals surface area contributed by atoms with Crippen molar-refractivity contribution in [2.45, 2.75) is 13.5 Å². The van der Waals surface area contributed by atoms with E-state index in [0.717, 1.165) is 11.8 Å². The number of carbonyl (C=O) groups excluding carboxylic acids is 1. The maximum atomic E-state index is 10.4. The number of hydrogen-bond acceptors (Lipinski definition) is 4. The molecule has 0 N–H and O–H groups in total. The van der Waals surface area contributed by atoms with Crippen LogP contribution < -0.4 is 0 Å². The molecule has 0 aromatic carbocycles. The molecule has 0 radical (unpaired) electrons. The molecular formula is C10H10N4O.